The molecule has 0 aromatic heterocycles. The van der Waals surface area contributed by atoms with Gasteiger partial charge in [-0.15, -0.1) is 0 Å². The van der Waals surface area contributed by atoms with Crippen molar-refractivity contribution in [2.45, 2.75) is 12.5 Å². The van der Waals surface area contributed by atoms with E-state index >= 15 is 0 Å². The van der Waals surface area contributed by atoms with Crippen LogP contribution in [-0.2, 0) is 16.0 Å². The Morgan fingerprint density at radius 2 is 1.96 bits per heavy atom. The number of hydrogen-bond acceptors (Lipinski definition) is 3. The monoisotopic (exact) mass is 443 g/mol. The van der Waals surface area contributed by atoms with Crippen molar-refractivity contribution in [1.29, 1.82) is 0 Å². The number of amides is 1. The van der Waals surface area contributed by atoms with Crippen molar-refractivity contribution >= 4 is 46.1 Å². The highest BCUT2D eigenvalue weighted by molar-refractivity contribution is 14.1. The number of methoxy groups -OCH3 is 1. The van der Waals surface area contributed by atoms with E-state index in [1.54, 1.807) is 24.3 Å². The molecule has 1 amide bonds. The first kappa shape index (κ1) is 17.7. The second kappa shape index (κ2) is 8.31. The van der Waals surface area contributed by atoms with Crippen LogP contribution in [0.4, 0.5) is 0 Å². The highest BCUT2D eigenvalue weighted by Gasteiger charge is 2.23. The molecule has 0 radical (unpaired) electrons. The van der Waals surface area contributed by atoms with E-state index in [0.29, 0.717) is 17.0 Å². The maximum Gasteiger partial charge on any atom is 0.328 e. The number of rotatable bonds is 5. The second-order valence-corrected chi connectivity index (χ2v) is 6.52. The zero-order valence-electron chi connectivity index (χ0n) is 12.4. The van der Waals surface area contributed by atoms with Crippen molar-refractivity contribution in [2.24, 2.45) is 0 Å². The van der Waals surface area contributed by atoms with Crippen LogP contribution in [0.3, 0.4) is 0 Å². The van der Waals surface area contributed by atoms with E-state index in [0.717, 1.165) is 9.13 Å². The molecule has 0 aliphatic heterocycles. The lowest BCUT2D eigenvalue weighted by atomic mass is 10.1. The Labute approximate surface area is 153 Å². The Bertz CT molecular complexity index is 720. The maximum absolute atomic E-state index is 12.3. The molecule has 0 saturated carbocycles. The normalized spacial score (nSPS) is 11.6. The highest BCUT2D eigenvalue weighted by atomic mass is 127. The topological polar surface area (TPSA) is 55.4 Å². The first-order valence-electron chi connectivity index (χ1n) is 6.89. The van der Waals surface area contributed by atoms with Crippen molar-refractivity contribution in [3.63, 3.8) is 0 Å². The van der Waals surface area contributed by atoms with Gasteiger partial charge in [0.2, 0.25) is 0 Å². The standard InChI is InChI=1S/C17H15ClINO3/c1-23-17(22)15(10-11-5-4-6-12(19)9-11)20-16(21)13-7-2-3-8-14(13)18/h2-9,15H,10H2,1H3,(H,20,21)/t15-/m0/s1. The summed E-state index contributed by atoms with van der Waals surface area (Å²) in [5.74, 6) is -0.902. The molecule has 6 heteroatoms. The molecule has 0 saturated heterocycles. The number of halogens is 2. The van der Waals surface area contributed by atoms with Gasteiger partial charge in [-0.1, -0.05) is 35.9 Å². The molecule has 2 rings (SSSR count). The fourth-order valence-electron chi connectivity index (χ4n) is 2.12. The predicted octanol–water partition coefficient (Wildman–Crippen LogP) is 3.46. The molecule has 0 bridgehead atoms. The Morgan fingerprint density at radius 1 is 1.22 bits per heavy atom. The molecule has 2 aromatic carbocycles. The molecule has 0 spiro atoms. The highest BCUT2D eigenvalue weighted by Crippen LogP contribution is 2.16. The number of nitrogens with one attached hydrogen (secondary N) is 1. The minimum absolute atomic E-state index is 0.325. The fraction of sp³-hybridized carbons (Fsp3) is 0.176. The lowest BCUT2D eigenvalue weighted by Gasteiger charge is -2.17. The molecule has 0 unspecified atom stereocenters. The summed E-state index contributed by atoms with van der Waals surface area (Å²) in [7, 11) is 1.30. The first-order valence-corrected chi connectivity index (χ1v) is 8.34. The van der Waals surface area contributed by atoms with Crippen LogP contribution < -0.4 is 5.32 Å². The summed E-state index contributed by atoms with van der Waals surface area (Å²) in [5, 5.41) is 3.03. The van der Waals surface area contributed by atoms with Gasteiger partial charge in [-0.05, 0) is 52.4 Å². The summed E-state index contributed by atoms with van der Waals surface area (Å²) < 4.78 is 5.85. The summed E-state index contributed by atoms with van der Waals surface area (Å²) in [6, 6.07) is 13.6. The molecule has 0 heterocycles. The third-order valence-corrected chi connectivity index (χ3v) is 4.24. The third kappa shape index (κ3) is 4.94. The molecule has 2 aromatic rings. The third-order valence-electron chi connectivity index (χ3n) is 3.24. The van der Waals surface area contributed by atoms with Crippen LogP contribution in [0.5, 0.6) is 0 Å². The Morgan fingerprint density at radius 3 is 2.61 bits per heavy atom. The van der Waals surface area contributed by atoms with Gasteiger partial charge in [0.25, 0.3) is 5.91 Å². The van der Waals surface area contributed by atoms with Crippen LogP contribution >= 0.6 is 34.2 Å². The molecule has 1 atom stereocenters. The number of carbonyl (C=O) groups is 2. The van der Waals surface area contributed by atoms with E-state index in [1.807, 2.05) is 24.3 Å². The average molecular weight is 444 g/mol. The second-order valence-electron chi connectivity index (χ2n) is 4.86. The van der Waals surface area contributed by atoms with Crippen molar-refractivity contribution in [3.8, 4) is 0 Å². The molecule has 0 aliphatic carbocycles. The molecule has 4 nitrogen and oxygen atoms in total. The Kier molecular flexibility index (Phi) is 6.41. The van der Waals surface area contributed by atoms with Crippen LogP contribution in [-0.4, -0.2) is 25.0 Å². The minimum atomic E-state index is -0.776. The van der Waals surface area contributed by atoms with E-state index in [2.05, 4.69) is 27.9 Å². The van der Waals surface area contributed by atoms with Gasteiger partial charge < -0.3 is 10.1 Å². The maximum atomic E-state index is 12.3. The Balaban J connectivity index is 2.17. The average Bonchev–Trinajstić information content (AvgIpc) is 2.54. The molecule has 0 fully saturated rings. The van der Waals surface area contributed by atoms with Gasteiger partial charge in [0.1, 0.15) is 6.04 Å². The van der Waals surface area contributed by atoms with Crippen molar-refractivity contribution < 1.29 is 14.3 Å². The van der Waals surface area contributed by atoms with E-state index < -0.39 is 17.9 Å². The Hall–Kier alpha value is -1.60. The van der Waals surface area contributed by atoms with Crippen LogP contribution in [0.15, 0.2) is 48.5 Å². The zero-order valence-corrected chi connectivity index (χ0v) is 15.3. The van der Waals surface area contributed by atoms with Gasteiger partial charge in [-0.2, -0.15) is 0 Å². The van der Waals surface area contributed by atoms with Crippen LogP contribution in [0.1, 0.15) is 15.9 Å². The molecule has 120 valence electrons. The van der Waals surface area contributed by atoms with E-state index in [4.69, 9.17) is 16.3 Å². The summed E-state index contributed by atoms with van der Waals surface area (Å²) >= 11 is 8.22. The first-order chi connectivity index (χ1) is 11.0. The van der Waals surface area contributed by atoms with Gasteiger partial charge in [-0.3, -0.25) is 4.79 Å². The quantitative estimate of drug-likeness (QED) is 0.569. The van der Waals surface area contributed by atoms with Crippen molar-refractivity contribution in [2.75, 3.05) is 7.11 Å². The predicted molar refractivity (Wildman–Crippen MR) is 97.6 cm³/mol. The molecule has 1 N–H and O–H groups in total. The zero-order chi connectivity index (χ0) is 16.8. The number of hydrogen-bond donors (Lipinski definition) is 1. The summed E-state index contributed by atoms with van der Waals surface area (Å²) in [6.45, 7) is 0. The molecule has 0 aliphatic rings. The van der Waals surface area contributed by atoms with Gasteiger partial charge in [0, 0.05) is 9.99 Å². The van der Waals surface area contributed by atoms with Crippen LogP contribution in [0.25, 0.3) is 0 Å². The van der Waals surface area contributed by atoms with Crippen LogP contribution in [0.2, 0.25) is 5.02 Å². The largest absolute Gasteiger partial charge is 0.467 e. The number of benzene rings is 2. The fourth-order valence-corrected chi connectivity index (χ4v) is 2.95. The van der Waals surface area contributed by atoms with E-state index in [1.165, 1.54) is 7.11 Å². The van der Waals surface area contributed by atoms with Gasteiger partial charge in [0.15, 0.2) is 0 Å². The smallest absolute Gasteiger partial charge is 0.328 e. The van der Waals surface area contributed by atoms with Crippen molar-refractivity contribution in [3.05, 3.63) is 68.3 Å². The molecular formula is C17H15ClINO3. The van der Waals surface area contributed by atoms with Crippen LogP contribution in [0, 0.1) is 3.57 Å². The summed E-state index contributed by atoms with van der Waals surface area (Å²) in [4.78, 5) is 24.3. The number of ether oxygens (including phenoxy) is 1. The summed E-state index contributed by atoms with van der Waals surface area (Å²) in [6.07, 6.45) is 0.347. The van der Waals surface area contributed by atoms with Crippen molar-refractivity contribution in [1.82, 2.24) is 5.32 Å². The van der Waals surface area contributed by atoms with Gasteiger partial charge in [0.05, 0.1) is 17.7 Å². The SMILES string of the molecule is COC(=O)[C@H](Cc1cccc(I)c1)NC(=O)c1ccccc1Cl. The molecular weight excluding hydrogens is 429 g/mol. The van der Waals surface area contributed by atoms with Gasteiger partial charge in [-0.25, -0.2) is 4.79 Å². The lowest BCUT2D eigenvalue weighted by molar-refractivity contribution is -0.142. The minimum Gasteiger partial charge on any atom is -0.467 e. The van der Waals surface area contributed by atoms with E-state index in [9.17, 15) is 9.59 Å². The summed E-state index contributed by atoms with van der Waals surface area (Å²) in [5.41, 5.74) is 1.26. The molecule has 23 heavy (non-hydrogen) atoms. The van der Waals surface area contributed by atoms with E-state index in [-0.39, 0.29) is 0 Å². The lowest BCUT2D eigenvalue weighted by Crippen LogP contribution is -2.43. The van der Waals surface area contributed by atoms with Gasteiger partial charge >= 0.3 is 5.97 Å². The number of esters is 1. The number of carbonyl (C=O) groups excluding carboxylic acids is 2.